The van der Waals surface area contributed by atoms with E-state index in [4.69, 9.17) is 4.74 Å². The number of carbonyl (C=O) groups excluding carboxylic acids is 2. The predicted octanol–water partition coefficient (Wildman–Crippen LogP) is 2.32. The summed E-state index contributed by atoms with van der Waals surface area (Å²) < 4.78 is 4.85. The number of amides is 1. The highest BCUT2D eigenvalue weighted by Gasteiger charge is 2.24. The van der Waals surface area contributed by atoms with Crippen LogP contribution in [0.1, 0.15) is 32.8 Å². The van der Waals surface area contributed by atoms with Gasteiger partial charge in [-0.3, -0.25) is 14.9 Å². The van der Waals surface area contributed by atoms with E-state index in [1.807, 2.05) is 38.1 Å². The molecule has 1 aromatic rings. The van der Waals surface area contributed by atoms with Gasteiger partial charge in [-0.25, -0.2) is 0 Å². The molecule has 2 atom stereocenters. The van der Waals surface area contributed by atoms with Crippen molar-refractivity contribution in [1.29, 1.82) is 0 Å². The van der Waals surface area contributed by atoms with Crippen molar-refractivity contribution in [1.82, 2.24) is 5.32 Å². The first-order valence-corrected chi connectivity index (χ1v) is 7.16. The Morgan fingerprint density at radius 1 is 1.29 bits per heavy atom. The Balaban J connectivity index is 2.80. The molecule has 1 rings (SSSR count). The third kappa shape index (κ3) is 5.19. The van der Waals surface area contributed by atoms with Gasteiger partial charge in [-0.15, -0.1) is 0 Å². The van der Waals surface area contributed by atoms with Crippen LogP contribution in [0.2, 0.25) is 0 Å². The van der Waals surface area contributed by atoms with Crippen molar-refractivity contribution in [2.45, 2.75) is 39.8 Å². The van der Waals surface area contributed by atoms with Gasteiger partial charge in [0, 0.05) is 19.2 Å². The summed E-state index contributed by atoms with van der Waals surface area (Å²) in [7, 11) is 1.39. The maximum Gasteiger partial charge on any atom is 0.323 e. The van der Waals surface area contributed by atoms with E-state index in [9.17, 15) is 9.59 Å². The lowest BCUT2D eigenvalue weighted by molar-refractivity contribution is -0.144. The molecule has 0 aromatic heterocycles. The average molecular weight is 292 g/mol. The van der Waals surface area contributed by atoms with Gasteiger partial charge in [-0.1, -0.05) is 38.5 Å². The van der Waals surface area contributed by atoms with Gasteiger partial charge >= 0.3 is 5.97 Å². The van der Waals surface area contributed by atoms with E-state index in [0.717, 1.165) is 17.7 Å². The number of methoxy groups -OCH3 is 1. The molecule has 5 heteroatoms. The third-order valence-corrected chi connectivity index (χ3v) is 3.51. The summed E-state index contributed by atoms with van der Waals surface area (Å²) in [5.74, 6) is -0.208. The lowest BCUT2D eigenvalue weighted by Crippen LogP contribution is -2.42. The van der Waals surface area contributed by atoms with Gasteiger partial charge in [0.15, 0.2) is 0 Å². The first-order valence-electron chi connectivity index (χ1n) is 7.16. The fourth-order valence-electron chi connectivity index (χ4n) is 2.09. The van der Waals surface area contributed by atoms with E-state index in [1.54, 1.807) is 0 Å². The second-order valence-corrected chi connectivity index (χ2v) is 5.11. The van der Waals surface area contributed by atoms with Crippen LogP contribution >= 0.6 is 0 Å². The highest BCUT2D eigenvalue weighted by Crippen LogP contribution is 2.16. The molecule has 0 bridgehead atoms. The minimum Gasteiger partial charge on any atom is -0.468 e. The number of rotatable bonds is 7. The molecule has 0 saturated carbocycles. The van der Waals surface area contributed by atoms with E-state index in [0.29, 0.717) is 6.54 Å². The van der Waals surface area contributed by atoms with Crippen molar-refractivity contribution < 1.29 is 14.3 Å². The molecule has 0 aliphatic heterocycles. The summed E-state index contributed by atoms with van der Waals surface area (Å²) >= 11 is 0. The Morgan fingerprint density at radius 2 is 1.95 bits per heavy atom. The van der Waals surface area contributed by atoms with Crippen LogP contribution in [-0.4, -0.2) is 25.0 Å². The van der Waals surface area contributed by atoms with Crippen molar-refractivity contribution >= 4 is 17.6 Å². The van der Waals surface area contributed by atoms with E-state index in [1.165, 1.54) is 14.0 Å². The molecule has 5 nitrogen and oxygen atoms in total. The summed E-state index contributed by atoms with van der Waals surface area (Å²) in [5, 5.41) is 6.01. The fourth-order valence-corrected chi connectivity index (χ4v) is 2.09. The third-order valence-electron chi connectivity index (χ3n) is 3.51. The monoisotopic (exact) mass is 292 g/mol. The normalized spacial score (nSPS) is 13.3. The van der Waals surface area contributed by atoms with E-state index < -0.39 is 0 Å². The van der Waals surface area contributed by atoms with Crippen molar-refractivity contribution in [3.05, 3.63) is 29.8 Å². The molecule has 1 amide bonds. The predicted molar refractivity (Wildman–Crippen MR) is 82.8 cm³/mol. The molecule has 0 heterocycles. The van der Waals surface area contributed by atoms with Crippen molar-refractivity contribution in [2.75, 3.05) is 12.4 Å². The lowest BCUT2D eigenvalue weighted by Gasteiger charge is -2.22. The maximum absolute atomic E-state index is 11.8. The highest BCUT2D eigenvalue weighted by atomic mass is 16.5. The Hall–Kier alpha value is -1.88. The van der Waals surface area contributed by atoms with E-state index in [2.05, 4.69) is 10.6 Å². The zero-order valence-electron chi connectivity index (χ0n) is 13.1. The van der Waals surface area contributed by atoms with Crippen LogP contribution in [0.25, 0.3) is 0 Å². The van der Waals surface area contributed by atoms with Gasteiger partial charge in [0.2, 0.25) is 5.91 Å². The van der Waals surface area contributed by atoms with Crippen molar-refractivity contribution in [3.8, 4) is 0 Å². The molecule has 0 radical (unpaired) electrons. The number of esters is 1. The summed E-state index contributed by atoms with van der Waals surface area (Å²) in [5.41, 5.74) is 1.69. The molecule has 0 saturated heterocycles. The number of hydrogen-bond donors (Lipinski definition) is 2. The molecule has 0 fully saturated rings. The number of hydrogen-bond acceptors (Lipinski definition) is 4. The highest BCUT2D eigenvalue weighted by molar-refractivity contribution is 5.89. The van der Waals surface area contributed by atoms with Crippen molar-refractivity contribution in [3.63, 3.8) is 0 Å². The van der Waals surface area contributed by atoms with Crippen LogP contribution in [0.5, 0.6) is 0 Å². The summed E-state index contributed by atoms with van der Waals surface area (Å²) in [4.78, 5) is 23.0. The maximum atomic E-state index is 11.8. The zero-order valence-corrected chi connectivity index (χ0v) is 13.1. The largest absolute Gasteiger partial charge is 0.468 e. The van der Waals surface area contributed by atoms with Gasteiger partial charge in [-0.05, 0) is 17.5 Å². The van der Waals surface area contributed by atoms with Crippen LogP contribution in [0, 0.1) is 5.92 Å². The Morgan fingerprint density at radius 3 is 2.52 bits per heavy atom. The molecular formula is C16H24N2O3. The number of benzene rings is 1. The molecule has 0 spiro atoms. The summed E-state index contributed by atoms with van der Waals surface area (Å²) in [6, 6.07) is 7.17. The molecule has 0 aliphatic carbocycles. The topological polar surface area (TPSA) is 67.4 Å². The van der Waals surface area contributed by atoms with Crippen LogP contribution in [-0.2, 0) is 20.9 Å². The summed E-state index contributed by atoms with van der Waals surface area (Å²) in [6.45, 7) is 6.00. The SMILES string of the molecule is CCC(C)C(NCc1ccccc1NC(C)=O)C(=O)OC. The Kier molecular flexibility index (Phi) is 6.88. The fraction of sp³-hybridized carbons (Fsp3) is 0.500. The lowest BCUT2D eigenvalue weighted by atomic mass is 9.99. The van der Waals surface area contributed by atoms with Crippen LogP contribution < -0.4 is 10.6 Å². The Labute approximate surface area is 126 Å². The summed E-state index contributed by atoms with van der Waals surface area (Å²) in [6.07, 6.45) is 0.875. The zero-order chi connectivity index (χ0) is 15.8. The number of ether oxygens (including phenoxy) is 1. The number of anilines is 1. The number of carbonyl (C=O) groups is 2. The quantitative estimate of drug-likeness (QED) is 0.757. The van der Waals surface area contributed by atoms with Crippen molar-refractivity contribution in [2.24, 2.45) is 5.92 Å². The number of nitrogens with one attached hydrogen (secondary N) is 2. The second kappa shape index (κ2) is 8.42. The average Bonchev–Trinajstić information content (AvgIpc) is 2.47. The van der Waals surface area contributed by atoms with Crippen LogP contribution in [0.15, 0.2) is 24.3 Å². The minimum atomic E-state index is -0.356. The van der Waals surface area contributed by atoms with Gasteiger partial charge in [0.05, 0.1) is 7.11 Å². The van der Waals surface area contributed by atoms with Crippen LogP contribution in [0.4, 0.5) is 5.69 Å². The molecule has 116 valence electrons. The van der Waals surface area contributed by atoms with Crippen LogP contribution in [0.3, 0.4) is 0 Å². The first kappa shape index (κ1) is 17.2. The molecule has 2 N–H and O–H groups in total. The minimum absolute atomic E-state index is 0.117. The second-order valence-electron chi connectivity index (χ2n) is 5.11. The number of para-hydroxylation sites is 1. The van der Waals surface area contributed by atoms with Gasteiger partial charge in [0.25, 0.3) is 0 Å². The molecule has 2 unspecified atom stereocenters. The van der Waals surface area contributed by atoms with Gasteiger partial charge < -0.3 is 10.1 Å². The molecule has 1 aromatic carbocycles. The molecular weight excluding hydrogens is 268 g/mol. The molecule has 21 heavy (non-hydrogen) atoms. The van der Waals surface area contributed by atoms with E-state index >= 15 is 0 Å². The Bertz CT molecular complexity index is 488. The van der Waals surface area contributed by atoms with Gasteiger partial charge in [0.1, 0.15) is 6.04 Å². The smallest absolute Gasteiger partial charge is 0.323 e. The first-order chi connectivity index (χ1) is 9.99. The van der Waals surface area contributed by atoms with Gasteiger partial charge in [-0.2, -0.15) is 0 Å². The standard InChI is InChI=1S/C16H24N2O3/c1-5-11(2)15(16(20)21-4)17-10-13-8-6-7-9-14(13)18-12(3)19/h6-9,11,15,17H,5,10H2,1-4H3,(H,18,19). The molecule has 0 aliphatic rings. The van der Waals surface area contributed by atoms with E-state index in [-0.39, 0.29) is 23.8 Å².